The summed E-state index contributed by atoms with van der Waals surface area (Å²) in [5, 5.41) is 4.37. The first-order valence-corrected chi connectivity index (χ1v) is 8.74. The van der Waals surface area contributed by atoms with E-state index < -0.39 is 0 Å². The van der Waals surface area contributed by atoms with Crippen LogP contribution in [0.1, 0.15) is 19.3 Å². The molecule has 0 aliphatic carbocycles. The van der Waals surface area contributed by atoms with E-state index in [-0.39, 0.29) is 0 Å². The molecule has 1 aromatic heterocycles. The first-order valence-electron chi connectivity index (χ1n) is 8.33. The van der Waals surface area contributed by atoms with Crippen LogP contribution in [-0.4, -0.2) is 55.3 Å². The Morgan fingerprint density at radius 3 is 2.62 bits per heavy atom. The van der Waals surface area contributed by atoms with E-state index in [0.717, 1.165) is 36.2 Å². The Morgan fingerprint density at radius 2 is 1.92 bits per heavy atom. The van der Waals surface area contributed by atoms with Gasteiger partial charge >= 0.3 is 0 Å². The standard InChI is InChI=1S/C17H24N4O2S/c1-22-14-10-12-13(11-15(14)23-2)19-17(24)20-16(12)18-6-5-9-21-7-3-4-8-21/h10-11H,3-9H2,1-2H3,(H2,18,19,20,24). The third kappa shape index (κ3) is 3.79. The van der Waals surface area contributed by atoms with Crippen molar-refractivity contribution in [3.05, 3.63) is 16.9 Å². The SMILES string of the molecule is COc1cc2[nH]c(=S)nc(NCCCN3CCCC3)c2cc1OC. The first-order chi connectivity index (χ1) is 11.7. The van der Waals surface area contributed by atoms with Crippen LogP contribution >= 0.6 is 12.2 Å². The zero-order chi connectivity index (χ0) is 16.9. The van der Waals surface area contributed by atoms with Crippen LogP contribution in [0.15, 0.2) is 12.1 Å². The molecule has 0 spiro atoms. The lowest BCUT2D eigenvalue weighted by atomic mass is 10.2. The Hall–Kier alpha value is -1.86. The summed E-state index contributed by atoms with van der Waals surface area (Å²) in [5.41, 5.74) is 0.884. The van der Waals surface area contributed by atoms with Crippen molar-refractivity contribution in [1.82, 2.24) is 14.9 Å². The monoisotopic (exact) mass is 348 g/mol. The second-order valence-electron chi connectivity index (χ2n) is 5.97. The number of ether oxygens (including phenoxy) is 2. The molecular weight excluding hydrogens is 324 g/mol. The van der Waals surface area contributed by atoms with Crippen LogP contribution in [-0.2, 0) is 0 Å². The van der Waals surface area contributed by atoms with Crippen LogP contribution < -0.4 is 14.8 Å². The molecular formula is C17H24N4O2S. The Bertz CT molecular complexity index is 756. The van der Waals surface area contributed by atoms with Crippen LogP contribution in [0.5, 0.6) is 11.5 Å². The van der Waals surface area contributed by atoms with Crippen molar-refractivity contribution in [2.24, 2.45) is 0 Å². The van der Waals surface area contributed by atoms with E-state index in [0.29, 0.717) is 16.3 Å². The molecule has 1 fully saturated rings. The number of nitrogens with zero attached hydrogens (tertiary/aromatic N) is 2. The second kappa shape index (κ2) is 7.81. The number of fused-ring (bicyclic) bond motifs is 1. The minimum Gasteiger partial charge on any atom is -0.493 e. The molecule has 7 heteroatoms. The van der Waals surface area contributed by atoms with Gasteiger partial charge < -0.3 is 24.7 Å². The molecule has 130 valence electrons. The van der Waals surface area contributed by atoms with Crippen molar-refractivity contribution in [1.29, 1.82) is 0 Å². The van der Waals surface area contributed by atoms with Crippen LogP contribution in [0.2, 0.25) is 0 Å². The maximum absolute atomic E-state index is 5.40. The van der Waals surface area contributed by atoms with Crippen LogP contribution in [0.25, 0.3) is 10.9 Å². The summed E-state index contributed by atoms with van der Waals surface area (Å²) >= 11 is 5.25. The van der Waals surface area contributed by atoms with Crippen molar-refractivity contribution in [3.8, 4) is 11.5 Å². The fourth-order valence-corrected chi connectivity index (χ4v) is 3.33. The number of anilines is 1. The highest BCUT2D eigenvalue weighted by Gasteiger charge is 2.12. The molecule has 0 unspecified atom stereocenters. The van der Waals surface area contributed by atoms with Gasteiger partial charge in [-0.25, -0.2) is 4.98 Å². The quantitative estimate of drug-likeness (QED) is 0.592. The summed E-state index contributed by atoms with van der Waals surface area (Å²) in [6.45, 7) is 4.46. The molecule has 0 atom stereocenters. The number of rotatable bonds is 7. The highest BCUT2D eigenvalue weighted by Crippen LogP contribution is 2.33. The average Bonchev–Trinajstić information content (AvgIpc) is 3.10. The number of hydrogen-bond acceptors (Lipinski definition) is 6. The molecule has 2 N–H and O–H groups in total. The lowest BCUT2D eigenvalue weighted by Gasteiger charge is -2.15. The third-order valence-electron chi connectivity index (χ3n) is 4.38. The molecule has 3 rings (SSSR count). The zero-order valence-electron chi connectivity index (χ0n) is 14.2. The lowest BCUT2D eigenvalue weighted by Crippen LogP contribution is -2.22. The molecule has 0 radical (unpaired) electrons. The number of methoxy groups -OCH3 is 2. The van der Waals surface area contributed by atoms with E-state index in [1.807, 2.05) is 12.1 Å². The maximum atomic E-state index is 5.40. The molecule has 6 nitrogen and oxygen atoms in total. The number of benzene rings is 1. The van der Waals surface area contributed by atoms with Crippen molar-refractivity contribution in [2.45, 2.75) is 19.3 Å². The van der Waals surface area contributed by atoms with Gasteiger partial charge in [0.2, 0.25) is 0 Å². The Balaban J connectivity index is 1.77. The predicted molar refractivity (Wildman–Crippen MR) is 98.8 cm³/mol. The summed E-state index contributed by atoms with van der Waals surface area (Å²) in [5.74, 6) is 2.13. The van der Waals surface area contributed by atoms with Gasteiger partial charge in [-0.15, -0.1) is 0 Å². The van der Waals surface area contributed by atoms with Crippen molar-refractivity contribution < 1.29 is 9.47 Å². The molecule has 0 bridgehead atoms. The lowest BCUT2D eigenvalue weighted by molar-refractivity contribution is 0.337. The molecule has 1 aromatic carbocycles. The highest BCUT2D eigenvalue weighted by atomic mass is 32.1. The number of aromatic nitrogens is 2. The highest BCUT2D eigenvalue weighted by molar-refractivity contribution is 7.71. The summed E-state index contributed by atoms with van der Waals surface area (Å²) in [6, 6.07) is 3.82. The number of hydrogen-bond donors (Lipinski definition) is 2. The molecule has 0 saturated carbocycles. The molecule has 1 saturated heterocycles. The van der Waals surface area contributed by atoms with Gasteiger partial charge in [0.15, 0.2) is 16.3 Å². The van der Waals surface area contributed by atoms with E-state index >= 15 is 0 Å². The molecule has 0 amide bonds. The largest absolute Gasteiger partial charge is 0.493 e. The Labute approximate surface area is 147 Å². The maximum Gasteiger partial charge on any atom is 0.199 e. The smallest absolute Gasteiger partial charge is 0.199 e. The average molecular weight is 348 g/mol. The Kier molecular flexibility index (Phi) is 5.52. The summed E-state index contributed by atoms with van der Waals surface area (Å²) in [7, 11) is 3.25. The van der Waals surface area contributed by atoms with Crippen molar-refractivity contribution in [3.63, 3.8) is 0 Å². The predicted octanol–water partition coefficient (Wildman–Crippen LogP) is 3.21. The third-order valence-corrected chi connectivity index (χ3v) is 4.57. The van der Waals surface area contributed by atoms with Crippen LogP contribution in [0.3, 0.4) is 0 Å². The number of H-pyrrole nitrogens is 1. The topological polar surface area (TPSA) is 62.4 Å². The van der Waals surface area contributed by atoms with Gasteiger partial charge in [-0.2, -0.15) is 0 Å². The number of likely N-dealkylation sites (tertiary alicyclic amines) is 1. The fourth-order valence-electron chi connectivity index (χ4n) is 3.13. The van der Waals surface area contributed by atoms with E-state index in [1.54, 1.807) is 14.2 Å². The van der Waals surface area contributed by atoms with Gasteiger partial charge in [0.25, 0.3) is 0 Å². The van der Waals surface area contributed by atoms with E-state index in [2.05, 4.69) is 20.2 Å². The number of aromatic amines is 1. The first kappa shape index (κ1) is 17.0. The second-order valence-corrected chi connectivity index (χ2v) is 6.36. The summed E-state index contributed by atoms with van der Waals surface area (Å²) < 4.78 is 11.2. The van der Waals surface area contributed by atoms with Crippen molar-refractivity contribution >= 4 is 28.9 Å². The van der Waals surface area contributed by atoms with Crippen LogP contribution in [0.4, 0.5) is 5.82 Å². The molecule has 2 heterocycles. The van der Waals surface area contributed by atoms with E-state index in [9.17, 15) is 0 Å². The Morgan fingerprint density at radius 1 is 1.21 bits per heavy atom. The molecule has 24 heavy (non-hydrogen) atoms. The minimum absolute atomic E-state index is 0.455. The van der Waals surface area contributed by atoms with Crippen LogP contribution in [0, 0.1) is 4.77 Å². The molecule has 1 aliphatic rings. The fraction of sp³-hybridized carbons (Fsp3) is 0.529. The normalized spacial score (nSPS) is 14.9. The minimum atomic E-state index is 0.455. The van der Waals surface area contributed by atoms with Crippen molar-refractivity contribution in [2.75, 3.05) is 45.7 Å². The van der Waals surface area contributed by atoms with Gasteiger partial charge in [-0.05, 0) is 57.2 Å². The van der Waals surface area contributed by atoms with E-state index in [1.165, 1.54) is 25.9 Å². The summed E-state index contributed by atoms with van der Waals surface area (Å²) in [6.07, 6.45) is 3.74. The van der Waals surface area contributed by atoms with Gasteiger partial charge in [-0.3, -0.25) is 0 Å². The zero-order valence-corrected chi connectivity index (χ0v) is 15.0. The van der Waals surface area contributed by atoms with Gasteiger partial charge in [0, 0.05) is 18.0 Å². The van der Waals surface area contributed by atoms with Gasteiger partial charge in [0.05, 0.1) is 19.7 Å². The van der Waals surface area contributed by atoms with E-state index in [4.69, 9.17) is 21.7 Å². The molecule has 2 aromatic rings. The summed E-state index contributed by atoms with van der Waals surface area (Å²) in [4.78, 5) is 10.1. The van der Waals surface area contributed by atoms with Gasteiger partial charge in [0.1, 0.15) is 5.82 Å². The number of nitrogens with one attached hydrogen (secondary N) is 2. The van der Waals surface area contributed by atoms with Gasteiger partial charge in [-0.1, -0.05) is 0 Å². The molecule has 1 aliphatic heterocycles.